The summed E-state index contributed by atoms with van der Waals surface area (Å²) in [6.45, 7) is 0.317. The second kappa shape index (κ2) is 8.47. The zero-order chi connectivity index (χ0) is 19.3. The molecule has 0 aliphatic carbocycles. The Morgan fingerprint density at radius 3 is 2.41 bits per heavy atom. The predicted molar refractivity (Wildman–Crippen MR) is 111 cm³/mol. The fourth-order valence-electron chi connectivity index (χ4n) is 2.64. The van der Waals surface area contributed by atoms with Gasteiger partial charge < -0.3 is 5.32 Å². The Morgan fingerprint density at radius 1 is 0.963 bits per heavy atom. The minimum absolute atomic E-state index is 0.175. The summed E-state index contributed by atoms with van der Waals surface area (Å²) in [5.41, 5.74) is 2.75. The van der Waals surface area contributed by atoms with E-state index in [1.165, 1.54) is 11.3 Å². The first kappa shape index (κ1) is 19.3. The Morgan fingerprint density at radius 2 is 1.67 bits per heavy atom. The van der Waals surface area contributed by atoms with Crippen LogP contribution in [-0.4, -0.2) is 27.1 Å². The zero-order valence-corrected chi connectivity index (χ0v) is 16.4. The van der Waals surface area contributed by atoms with Crippen molar-refractivity contribution >= 4 is 33.0 Å². The molecular formula is C20H20N2O3S2. The highest BCUT2D eigenvalue weighted by Crippen LogP contribution is 2.28. The number of para-hydroxylation sites is 1. The van der Waals surface area contributed by atoms with E-state index < -0.39 is 10.0 Å². The SMILES string of the molecule is CS(=O)(=O)NCCc1ccc(C(=O)Nc2ccccc2-c2ccccc2)s1. The van der Waals surface area contributed by atoms with Crippen molar-refractivity contribution in [3.8, 4) is 11.1 Å². The molecule has 0 spiro atoms. The van der Waals surface area contributed by atoms with Gasteiger partial charge in [0, 0.05) is 22.7 Å². The van der Waals surface area contributed by atoms with Crippen molar-refractivity contribution in [2.45, 2.75) is 6.42 Å². The summed E-state index contributed by atoms with van der Waals surface area (Å²) >= 11 is 1.37. The van der Waals surface area contributed by atoms with Crippen LogP contribution in [0.1, 0.15) is 14.5 Å². The molecule has 0 saturated heterocycles. The maximum Gasteiger partial charge on any atom is 0.265 e. The summed E-state index contributed by atoms with van der Waals surface area (Å²) in [6.07, 6.45) is 1.68. The van der Waals surface area contributed by atoms with Crippen LogP contribution in [0, 0.1) is 0 Å². The Labute approximate surface area is 163 Å². The number of sulfonamides is 1. The average Bonchev–Trinajstić information content (AvgIpc) is 3.11. The largest absolute Gasteiger partial charge is 0.321 e. The van der Waals surface area contributed by atoms with Gasteiger partial charge >= 0.3 is 0 Å². The van der Waals surface area contributed by atoms with Gasteiger partial charge in [-0.15, -0.1) is 11.3 Å². The predicted octanol–water partition coefficient (Wildman–Crippen LogP) is 3.76. The molecule has 0 bridgehead atoms. The first-order valence-corrected chi connectivity index (χ1v) is 11.1. The van der Waals surface area contributed by atoms with Gasteiger partial charge in [0.1, 0.15) is 0 Å². The van der Waals surface area contributed by atoms with E-state index >= 15 is 0 Å². The third-order valence-electron chi connectivity index (χ3n) is 3.88. The van der Waals surface area contributed by atoms with Crippen LogP contribution in [-0.2, 0) is 16.4 Å². The van der Waals surface area contributed by atoms with Gasteiger partial charge in [-0.1, -0.05) is 48.5 Å². The van der Waals surface area contributed by atoms with Crippen molar-refractivity contribution in [2.24, 2.45) is 0 Å². The summed E-state index contributed by atoms with van der Waals surface area (Å²) in [6, 6.07) is 21.2. The molecule has 7 heteroatoms. The lowest BCUT2D eigenvalue weighted by atomic mass is 10.0. The van der Waals surface area contributed by atoms with Crippen LogP contribution in [0.25, 0.3) is 11.1 Å². The van der Waals surface area contributed by atoms with Gasteiger partial charge in [-0.3, -0.25) is 4.79 Å². The van der Waals surface area contributed by atoms with Crippen molar-refractivity contribution in [3.05, 3.63) is 76.5 Å². The number of carbonyl (C=O) groups excluding carboxylic acids is 1. The van der Waals surface area contributed by atoms with Gasteiger partial charge in [-0.2, -0.15) is 0 Å². The van der Waals surface area contributed by atoms with Crippen molar-refractivity contribution < 1.29 is 13.2 Å². The monoisotopic (exact) mass is 400 g/mol. The second-order valence-electron chi connectivity index (χ2n) is 6.05. The fraction of sp³-hybridized carbons (Fsp3) is 0.150. The second-order valence-corrected chi connectivity index (χ2v) is 9.05. The maximum atomic E-state index is 12.6. The lowest BCUT2D eigenvalue weighted by molar-refractivity contribution is 0.103. The minimum Gasteiger partial charge on any atom is -0.321 e. The number of carbonyl (C=O) groups is 1. The fourth-order valence-corrected chi connectivity index (χ4v) is 4.01. The minimum atomic E-state index is -3.20. The van der Waals surface area contributed by atoms with Crippen LogP contribution in [0.4, 0.5) is 5.69 Å². The highest BCUT2D eigenvalue weighted by molar-refractivity contribution is 7.88. The average molecular weight is 401 g/mol. The molecule has 0 atom stereocenters. The van der Waals surface area contributed by atoms with Gasteiger partial charge in [0.15, 0.2) is 0 Å². The molecular weight excluding hydrogens is 380 g/mol. The number of hydrogen-bond donors (Lipinski definition) is 2. The highest BCUT2D eigenvalue weighted by atomic mass is 32.2. The molecule has 3 aromatic rings. The molecule has 5 nitrogen and oxygen atoms in total. The smallest absolute Gasteiger partial charge is 0.265 e. The van der Waals surface area contributed by atoms with Gasteiger partial charge in [0.2, 0.25) is 10.0 Å². The molecule has 0 aliphatic heterocycles. The Kier molecular flexibility index (Phi) is 6.05. The molecule has 140 valence electrons. The zero-order valence-electron chi connectivity index (χ0n) is 14.8. The Hall–Kier alpha value is -2.48. The van der Waals surface area contributed by atoms with E-state index in [0.29, 0.717) is 17.8 Å². The summed E-state index contributed by atoms with van der Waals surface area (Å²) in [7, 11) is -3.20. The van der Waals surface area contributed by atoms with Gasteiger partial charge in [0.05, 0.1) is 11.1 Å². The summed E-state index contributed by atoms with van der Waals surface area (Å²) in [4.78, 5) is 14.2. The van der Waals surface area contributed by atoms with Crippen LogP contribution in [0.15, 0.2) is 66.7 Å². The molecule has 0 aliphatic rings. The Balaban J connectivity index is 1.70. The van der Waals surface area contributed by atoms with Crippen LogP contribution < -0.4 is 10.0 Å². The lowest BCUT2D eigenvalue weighted by Crippen LogP contribution is -2.24. The van der Waals surface area contributed by atoms with Crippen LogP contribution in [0.3, 0.4) is 0 Å². The molecule has 0 saturated carbocycles. The van der Waals surface area contributed by atoms with E-state index in [9.17, 15) is 13.2 Å². The molecule has 0 radical (unpaired) electrons. The van der Waals surface area contributed by atoms with Crippen molar-refractivity contribution in [2.75, 3.05) is 18.1 Å². The van der Waals surface area contributed by atoms with Crippen LogP contribution >= 0.6 is 11.3 Å². The number of hydrogen-bond acceptors (Lipinski definition) is 4. The molecule has 1 amide bonds. The normalized spacial score (nSPS) is 11.3. The van der Waals surface area contributed by atoms with E-state index in [2.05, 4.69) is 10.0 Å². The van der Waals surface area contributed by atoms with E-state index in [-0.39, 0.29) is 5.91 Å². The molecule has 2 N–H and O–H groups in total. The number of anilines is 1. The Bertz CT molecular complexity index is 1030. The van der Waals surface area contributed by atoms with Crippen LogP contribution in [0.2, 0.25) is 0 Å². The number of nitrogens with one attached hydrogen (secondary N) is 2. The van der Waals surface area contributed by atoms with Crippen LogP contribution in [0.5, 0.6) is 0 Å². The molecule has 0 unspecified atom stereocenters. The number of thiophene rings is 1. The summed E-state index contributed by atoms with van der Waals surface area (Å²) in [5.74, 6) is -0.175. The number of benzene rings is 2. The molecule has 3 rings (SSSR count). The van der Waals surface area contributed by atoms with E-state index in [4.69, 9.17) is 0 Å². The molecule has 1 heterocycles. The van der Waals surface area contributed by atoms with E-state index in [1.807, 2.05) is 60.7 Å². The van der Waals surface area contributed by atoms with Crippen molar-refractivity contribution in [1.29, 1.82) is 0 Å². The van der Waals surface area contributed by atoms with Gasteiger partial charge in [0.25, 0.3) is 5.91 Å². The third-order valence-corrected chi connectivity index (χ3v) is 5.75. The standard InChI is InChI=1S/C20H20N2O3S2/c1-27(24,25)21-14-13-16-11-12-19(26-16)20(23)22-18-10-6-5-9-17(18)15-7-3-2-4-8-15/h2-12,21H,13-14H2,1H3,(H,22,23). The molecule has 2 aromatic carbocycles. The quantitative estimate of drug-likeness (QED) is 0.634. The van der Waals surface area contributed by atoms with Gasteiger partial charge in [-0.25, -0.2) is 13.1 Å². The number of rotatable bonds is 7. The molecule has 27 heavy (non-hydrogen) atoms. The van der Waals surface area contributed by atoms with E-state index in [0.717, 1.165) is 27.9 Å². The highest BCUT2D eigenvalue weighted by Gasteiger charge is 2.12. The lowest BCUT2D eigenvalue weighted by Gasteiger charge is -2.10. The first-order valence-electron chi connectivity index (χ1n) is 8.41. The van der Waals surface area contributed by atoms with Crippen molar-refractivity contribution in [1.82, 2.24) is 4.72 Å². The van der Waals surface area contributed by atoms with E-state index in [1.54, 1.807) is 6.07 Å². The first-order chi connectivity index (χ1) is 12.9. The number of amides is 1. The molecule has 0 fully saturated rings. The summed E-state index contributed by atoms with van der Waals surface area (Å²) in [5, 5.41) is 2.98. The molecule has 1 aromatic heterocycles. The van der Waals surface area contributed by atoms with Crippen molar-refractivity contribution in [3.63, 3.8) is 0 Å². The van der Waals surface area contributed by atoms with Gasteiger partial charge in [-0.05, 0) is 30.2 Å². The topological polar surface area (TPSA) is 75.3 Å². The third kappa shape index (κ3) is 5.50. The maximum absolute atomic E-state index is 12.6. The summed E-state index contributed by atoms with van der Waals surface area (Å²) < 4.78 is 24.7.